The molecule has 1 spiro atoms. The van der Waals surface area contributed by atoms with Gasteiger partial charge in [-0.2, -0.15) is 0 Å². The number of phenols is 2. The van der Waals surface area contributed by atoms with Gasteiger partial charge in [0.2, 0.25) is 18.3 Å². The van der Waals surface area contributed by atoms with E-state index >= 15 is 0 Å². The van der Waals surface area contributed by atoms with Crippen LogP contribution in [0.1, 0.15) is 102 Å². The number of unbranched alkanes of at least 4 members (excludes halogenated alkanes) is 4. The van der Waals surface area contributed by atoms with Crippen LogP contribution in [0.25, 0.3) is 0 Å². The Labute approximate surface area is 359 Å². The number of nitrogens with zero attached hydrogens (tertiary/aromatic N) is 2. The summed E-state index contributed by atoms with van der Waals surface area (Å²) in [5.74, 6) is 0.772. The molecule has 3 aromatic rings. The summed E-state index contributed by atoms with van der Waals surface area (Å²) in [5.41, 5.74) is 3.54. The number of benzene rings is 3. The van der Waals surface area contributed by atoms with E-state index in [4.69, 9.17) is 33.2 Å². The van der Waals surface area contributed by atoms with Crippen molar-refractivity contribution in [3.8, 4) is 46.0 Å². The quantitative estimate of drug-likeness (QED) is 0.115. The second-order valence-electron chi connectivity index (χ2n) is 16.9. The minimum absolute atomic E-state index is 0.0259. The van der Waals surface area contributed by atoms with Crippen molar-refractivity contribution in [2.75, 3.05) is 54.1 Å². The third-order valence-electron chi connectivity index (χ3n) is 13.7. The van der Waals surface area contributed by atoms with E-state index < -0.39 is 53.1 Å². The molecule has 16 heteroatoms. The number of aromatic hydroxyl groups is 2. The molecule has 7 aliphatic heterocycles. The average Bonchev–Trinajstić information content (AvgIpc) is 3.73. The number of esters is 2. The molecule has 7 atom stereocenters. The number of likely N-dealkylation sites (N-methyl/N-ethyl adjacent to an activating group) is 1. The average molecular weight is 862 g/mol. The predicted molar refractivity (Wildman–Crippen MR) is 224 cm³/mol. The van der Waals surface area contributed by atoms with E-state index in [1.807, 2.05) is 24.9 Å². The Morgan fingerprint density at radius 2 is 1.72 bits per heavy atom. The van der Waals surface area contributed by atoms with E-state index in [1.165, 1.54) is 33.1 Å². The van der Waals surface area contributed by atoms with E-state index in [-0.39, 0.29) is 60.1 Å². The molecule has 0 saturated carbocycles. The smallest absolute Gasteiger partial charge is 0.331 e. The summed E-state index contributed by atoms with van der Waals surface area (Å²) in [7, 11) is 6.46. The van der Waals surface area contributed by atoms with Crippen LogP contribution in [0, 0.1) is 6.92 Å². The second kappa shape index (κ2) is 16.3. The van der Waals surface area contributed by atoms with Crippen LogP contribution in [-0.2, 0) is 32.7 Å². The molecule has 2 saturated heterocycles. The normalized spacial score (nSPS) is 27.4. The van der Waals surface area contributed by atoms with Gasteiger partial charge >= 0.3 is 11.9 Å². The number of phenolic OH excluding ortho intramolecular Hbond substituents is 2. The van der Waals surface area contributed by atoms with Crippen molar-refractivity contribution in [3.05, 3.63) is 57.1 Å². The number of hydrogen-bond donors (Lipinski definition) is 4. The van der Waals surface area contributed by atoms with Crippen LogP contribution in [-0.4, -0.2) is 109 Å². The lowest BCUT2D eigenvalue weighted by Gasteiger charge is -2.62. The largest absolute Gasteiger partial charge is 0.504 e. The molecule has 7 aliphatic rings. The van der Waals surface area contributed by atoms with Crippen LogP contribution in [0.2, 0.25) is 0 Å². The van der Waals surface area contributed by atoms with E-state index in [1.54, 1.807) is 12.1 Å². The lowest BCUT2D eigenvalue weighted by molar-refractivity contribution is -0.186. The van der Waals surface area contributed by atoms with Crippen molar-refractivity contribution in [2.45, 2.75) is 106 Å². The van der Waals surface area contributed by atoms with Crippen molar-refractivity contribution in [2.24, 2.45) is 0 Å². The number of carbonyl (C=O) groups excluding carboxylic acids is 2. The summed E-state index contributed by atoms with van der Waals surface area (Å²) in [6.45, 7) is 4.11. The van der Waals surface area contributed by atoms with E-state index in [9.17, 15) is 24.9 Å². The summed E-state index contributed by atoms with van der Waals surface area (Å²) >= 11 is 1.45. The molecule has 0 amide bonds. The third-order valence-corrected chi connectivity index (χ3v) is 15.1. The summed E-state index contributed by atoms with van der Waals surface area (Å²) in [4.78, 5) is 33.0. The van der Waals surface area contributed by atoms with Gasteiger partial charge in [0.1, 0.15) is 12.8 Å². The Hall–Kier alpha value is -4.61. The zero-order valence-corrected chi connectivity index (χ0v) is 36.3. The maximum Gasteiger partial charge on any atom is 0.331 e. The maximum atomic E-state index is 14.9. The number of carbonyl (C=O) groups is 2. The van der Waals surface area contributed by atoms with Crippen LogP contribution >= 0.6 is 11.8 Å². The molecule has 7 heterocycles. The Morgan fingerprint density at radius 1 is 0.951 bits per heavy atom. The fraction of sp³-hybridized carbons (Fsp3) is 0.556. The highest BCUT2D eigenvalue weighted by Crippen LogP contribution is 2.66. The highest BCUT2D eigenvalue weighted by atomic mass is 32.2. The number of aliphatic hydroxyl groups is 1. The lowest BCUT2D eigenvalue weighted by Crippen LogP contribution is -2.70. The van der Waals surface area contributed by atoms with Crippen LogP contribution in [0.4, 0.5) is 0 Å². The topological polar surface area (TPSA) is 178 Å². The fourth-order valence-electron chi connectivity index (χ4n) is 10.9. The lowest BCUT2D eigenvalue weighted by atomic mass is 9.73. The molecule has 328 valence electrons. The second-order valence-corrected chi connectivity index (χ2v) is 18.0. The Morgan fingerprint density at radius 3 is 2.48 bits per heavy atom. The highest BCUT2D eigenvalue weighted by Gasteiger charge is 2.62. The first-order valence-electron chi connectivity index (χ1n) is 21.2. The third kappa shape index (κ3) is 6.46. The summed E-state index contributed by atoms with van der Waals surface area (Å²) in [6.07, 6.45) is 4.83. The molecule has 0 aliphatic carbocycles. The first kappa shape index (κ1) is 41.7. The zero-order valence-electron chi connectivity index (χ0n) is 35.5. The van der Waals surface area contributed by atoms with Gasteiger partial charge in [-0.3, -0.25) is 19.9 Å². The Balaban J connectivity index is 1.28. The van der Waals surface area contributed by atoms with Crippen molar-refractivity contribution >= 4 is 23.7 Å². The number of nitrogens with one attached hydrogen (secondary N) is 1. The number of fused-ring (bicyclic) bond motifs is 9. The maximum absolute atomic E-state index is 14.9. The van der Waals surface area contributed by atoms with Crippen LogP contribution in [0.15, 0.2) is 18.2 Å². The molecule has 10 rings (SSSR count). The van der Waals surface area contributed by atoms with Gasteiger partial charge < -0.3 is 48.5 Å². The standard InChI is InChI=1S/C45H55N3O12S/c1-7-8-9-10-11-12-30(50)60-39-33-32(38-41(40(39)56-6)59-21-58-38)27-19-57-44(53)45(25-18-29(54-4)28(49)17-23(25)13-14-46-45)20-61-42(33)35-34-31-24(15-22(2)37(55-5)36(31)51)16-26(47(34)3)43(52)48(27)35/h15,17-18,26-27,34-35,42-43,46,49,51-52H,7-14,16,19-21H2,1-6H3/t26-,27+,34-,35-,42-,43+,45-/m1/s1. The van der Waals surface area contributed by atoms with Gasteiger partial charge in [0, 0.05) is 41.5 Å². The van der Waals surface area contributed by atoms with Gasteiger partial charge in [-0.25, -0.2) is 4.79 Å². The van der Waals surface area contributed by atoms with Crippen molar-refractivity contribution in [1.29, 1.82) is 0 Å². The van der Waals surface area contributed by atoms with Crippen LogP contribution in [0.3, 0.4) is 0 Å². The Kier molecular flexibility index (Phi) is 11.1. The minimum Gasteiger partial charge on any atom is -0.504 e. The molecule has 4 bridgehead atoms. The number of rotatable bonds is 10. The number of methoxy groups -OCH3 is 3. The van der Waals surface area contributed by atoms with Gasteiger partial charge in [-0.1, -0.05) is 38.7 Å². The van der Waals surface area contributed by atoms with E-state index in [0.717, 1.165) is 42.4 Å². The number of aryl methyl sites for hydroxylation is 1. The molecule has 4 N–H and O–H groups in total. The van der Waals surface area contributed by atoms with Crippen LogP contribution in [0.5, 0.6) is 46.0 Å². The molecule has 2 fully saturated rings. The highest BCUT2D eigenvalue weighted by molar-refractivity contribution is 7.99. The van der Waals surface area contributed by atoms with Crippen molar-refractivity contribution < 1.29 is 58.1 Å². The molecule has 0 radical (unpaired) electrons. The van der Waals surface area contributed by atoms with Gasteiger partial charge in [0.05, 0.1) is 44.7 Å². The first-order valence-corrected chi connectivity index (χ1v) is 22.3. The number of aliphatic hydroxyl groups excluding tert-OH is 1. The number of thioether (sulfide) groups is 1. The summed E-state index contributed by atoms with van der Waals surface area (Å²) < 4.78 is 42.7. The summed E-state index contributed by atoms with van der Waals surface area (Å²) in [6, 6.07) is 2.95. The minimum atomic E-state index is -1.40. The molecular formula is C45H55N3O12S. The fourth-order valence-corrected chi connectivity index (χ4v) is 12.5. The van der Waals surface area contributed by atoms with Gasteiger partial charge in [0.25, 0.3) is 0 Å². The molecule has 0 aromatic heterocycles. The van der Waals surface area contributed by atoms with Gasteiger partial charge in [-0.15, -0.1) is 11.8 Å². The van der Waals surface area contributed by atoms with Crippen LogP contribution < -0.4 is 33.7 Å². The van der Waals surface area contributed by atoms with Crippen molar-refractivity contribution in [1.82, 2.24) is 15.1 Å². The molecule has 61 heavy (non-hydrogen) atoms. The molecule has 15 nitrogen and oxygen atoms in total. The monoisotopic (exact) mass is 861 g/mol. The summed E-state index contributed by atoms with van der Waals surface area (Å²) in [5, 5.41) is 38.6. The van der Waals surface area contributed by atoms with E-state index in [0.29, 0.717) is 59.6 Å². The van der Waals surface area contributed by atoms with E-state index in [2.05, 4.69) is 17.1 Å². The van der Waals surface area contributed by atoms with Crippen molar-refractivity contribution in [3.63, 3.8) is 0 Å². The molecular weight excluding hydrogens is 807 g/mol. The number of piperazine rings is 1. The van der Waals surface area contributed by atoms with Gasteiger partial charge in [0.15, 0.2) is 40.0 Å². The predicted octanol–water partition coefficient (Wildman–Crippen LogP) is 5.45. The number of hydrogen-bond acceptors (Lipinski definition) is 16. The SMILES string of the molecule is CCCCCCCC(=O)Oc1c(OC)c2c(c3c1[C@H]1SC[C@]4(NCCc5cc(O)c(OC)cc54)C(=O)OC[C@@H]3N3[C@@H]1[C@H]1c4c(cc(C)c(OC)c4O)C[C@H]([C@@H]3O)N1C)OCO2. The van der Waals surface area contributed by atoms with Gasteiger partial charge in [-0.05, 0) is 67.6 Å². The number of ether oxygens (including phenoxy) is 7. The Bertz CT molecular complexity index is 2250. The zero-order chi connectivity index (χ0) is 42.9. The first-order chi connectivity index (χ1) is 29.5. The molecule has 3 aromatic carbocycles. The molecule has 0 unspecified atom stereocenters.